The third-order valence-corrected chi connectivity index (χ3v) is 2.55. The van der Waals surface area contributed by atoms with Crippen LogP contribution in [0, 0.1) is 13.8 Å². The molecule has 2 rings (SSSR count). The highest BCUT2D eigenvalue weighted by Crippen LogP contribution is 2.07. The molecule has 0 bridgehead atoms. The molecule has 0 aliphatic heterocycles. The molecular formula is C13H16N2O. The Morgan fingerprint density at radius 3 is 2.75 bits per heavy atom. The molecule has 3 nitrogen and oxygen atoms in total. The molecule has 16 heavy (non-hydrogen) atoms. The zero-order valence-corrected chi connectivity index (χ0v) is 9.66. The van der Waals surface area contributed by atoms with Crippen LogP contribution in [0.2, 0.25) is 0 Å². The number of nitrogens with one attached hydrogen (secondary N) is 1. The van der Waals surface area contributed by atoms with Crippen LogP contribution in [-0.2, 0) is 13.1 Å². The van der Waals surface area contributed by atoms with Gasteiger partial charge in [0.1, 0.15) is 11.5 Å². The molecule has 0 aromatic carbocycles. The van der Waals surface area contributed by atoms with Gasteiger partial charge in [0.05, 0.1) is 6.54 Å². The van der Waals surface area contributed by atoms with Gasteiger partial charge in [-0.3, -0.25) is 4.98 Å². The highest BCUT2D eigenvalue weighted by Gasteiger charge is 2.00. The third kappa shape index (κ3) is 2.70. The van der Waals surface area contributed by atoms with Gasteiger partial charge >= 0.3 is 0 Å². The zero-order valence-electron chi connectivity index (χ0n) is 9.66. The van der Waals surface area contributed by atoms with Gasteiger partial charge in [-0.15, -0.1) is 0 Å². The van der Waals surface area contributed by atoms with E-state index in [4.69, 9.17) is 4.42 Å². The quantitative estimate of drug-likeness (QED) is 0.853. The van der Waals surface area contributed by atoms with E-state index in [-0.39, 0.29) is 0 Å². The minimum atomic E-state index is 0.760. The number of hydrogen-bond donors (Lipinski definition) is 1. The number of hydrogen-bond acceptors (Lipinski definition) is 3. The first-order valence-corrected chi connectivity index (χ1v) is 5.41. The van der Waals surface area contributed by atoms with Crippen LogP contribution in [0.4, 0.5) is 0 Å². The molecule has 0 aliphatic rings. The standard InChI is InChI=1S/C13H16N2O/c1-10-7-14-6-5-12(10)8-15-9-13-4-3-11(2)16-13/h3-7,15H,8-9H2,1-2H3. The maximum atomic E-state index is 5.48. The summed E-state index contributed by atoms with van der Waals surface area (Å²) in [6.45, 7) is 5.63. The van der Waals surface area contributed by atoms with E-state index in [1.807, 2.05) is 37.5 Å². The molecule has 84 valence electrons. The van der Waals surface area contributed by atoms with Crippen molar-refractivity contribution in [2.24, 2.45) is 0 Å². The summed E-state index contributed by atoms with van der Waals surface area (Å²) in [6.07, 6.45) is 3.70. The number of aryl methyl sites for hydroxylation is 2. The number of pyridine rings is 1. The fraction of sp³-hybridized carbons (Fsp3) is 0.308. The van der Waals surface area contributed by atoms with E-state index < -0.39 is 0 Å². The van der Waals surface area contributed by atoms with Crippen molar-refractivity contribution in [3.8, 4) is 0 Å². The molecule has 0 atom stereocenters. The van der Waals surface area contributed by atoms with Crippen LogP contribution in [0.15, 0.2) is 35.0 Å². The highest BCUT2D eigenvalue weighted by atomic mass is 16.3. The van der Waals surface area contributed by atoms with E-state index in [2.05, 4.69) is 17.2 Å². The van der Waals surface area contributed by atoms with Gasteiger partial charge in [0.25, 0.3) is 0 Å². The largest absolute Gasteiger partial charge is 0.465 e. The van der Waals surface area contributed by atoms with E-state index in [1.54, 1.807) is 0 Å². The second kappa shape index (κ2) is 4.94. The molecule has 0 aliphatic carbocycles. The van der Waals surface area contributed by atoms with Crippen LogP contribution in [0.3, 0.4) is 0 Å². The summed E-state index contributed by atoms with van der Waals surface area (Å²) in [6, 6.07) is 6.02. The Balaban J connectivity index is 1.87. The minimum Gasteiger partial charge on any atom is -0.465 e. The average molecular weight is 216 g/mol. The summed E-state index contributed by atoms with van der Waals surface area (Å²) in [5.41, 5.74) is 2.49. The zero-order chi connectivity index (χ0) is 11.4. The van der Waals surface area contributed by atoms with Gasteiger partial charge in [0, 0.05) is 18.9 Å². The molecule has 2 aromatic rings. The van der Waals surface area contributed by atoms with Crippen molar-refractivity contribution in [1.29, 1.82) is 0 Å². The Hall–Kier alpha value is -1.61. The predicted octanol–water partition coefficient (Wildman–Crippen LogP) is 2.58. The molecule has 0 amide bonds. The Labute approximate surface area is 95.5 Å². The SMILES string of the molecule is Cc1ccc(CNCc2ccncc2C)o1. The van der Waals surface area contributed by atoms with Gasteiger partial charge in [0.15, 0.2) is 0 Å². The first-order chi connectivity index (χ1) is 7.75. The summed E-state index contributed by atoms with van der Waals surface area (Å²) in [7, 11) is 0. The van der Waals surface area contributed by atoms with Crippen molar-refractivity contribution >= 4 is 0 Å². The molecule has 0 spiro atoms. The van der Waals surface area contributed by atoms with E-state index in [1.165, 1.54) is 11.1 Å². The summed E-state index contributed by atoms with van der Waals surface area (Å²) in [4.78, 5) is 4.07. The van der Waals surface area contributed by atoms with Gasteiger partial charge in [-0.1, -0.05) is 0 Å². The van der Waals surface area contributed by atoms with Gasteiger partial charge in [0.2, 0.25) is 0 Å². The predicted molar refractivity (Wildman–Crippen MR) is 63.0 cm³/mol. The number of furan rings is 1. The van der Waals surface area contributed by atoms with Crippen molar-refractivity contribution < 1.29 is 4.42 Å². The normalized spacial score (nSPS) is 10.6. The Kier molecular flexibility index (Phi) is 3.37. The molecule has 0 unspecified atom stereocenters. The van der Waals surface area contributed by atoms with E-state index in [0.717, 1.165) is 24.6 Å². The first-order valence-electron chi connectivity index (χ1n) is 5.41. The molecule has 0 radical (unpaired) electrons. The maximum Gasteiger partial charge on any atom is 0.117 e. The summed E-state index contributed by atoms with van der Waals surface area (Å²) in [5, 5.41) is 3.35. The maximum absolute atomic E-state index is 5.48. The minimum absolute atomic E-state index is 0.760. The lowest BCUT2D eigenvalue weighted by Crippen LogP contribution is -2.13. The molecule has 2 aromatic heterocycles. The van der Waals surface area contributed by atoms with Crippen molar-refractivity contribution in [3.05, 3.63) is 53.2 Å². The van der Waals surface area contributed by atoms with Gasteiger partial charge in [-0.2, -0.15) is 0 Å². The van der Waals surface area contributed by atoms with Crippen LogP contribution < -0.4 is 5.32 Å². The van der Waals surface area contributed by atoms with Crippen molar-refractivity contribution in [2.45, 2.75) is 26.9 Å². The van der Waals surface area contributed by atoms with Crippen molar-refractivity contribution in [1.82, 2.24) is 10.3 Å². The van der Waals surface area contributed by atoms with Crippen LogP contribution >= 0.6 is 0 Å². The lowest BCUT2D eigenvalue weighted by molar-refractivity contribution is 0.461. The van der Waals surface area contributed by atoms with E-state index in [9.17, 15) is 0 Å². The topological polar surface area (TPSA) is 38.1 Å². The Bertz CT molecular complexity index is 462. The number of nitrogens with zero attached hydrogens (tertiary/aromatic N) is 1. The van der Waals surface area contributed by atoms with Crippen LogP contribution in [0.25, 0.3) is 0 Å². The van der Waals surface area contributed by atoms with Gasteiger partial charge in [-0.25, -0.2) is 0 Å². The molecule has 2 heterocycles. The molecular weight excluding hydrogens is 200 g/mol. The lowest BCUT2D eigenvalue weighted by Gasteiger charge is -2.05. The second-order valence-corrected chi connectivity index (χ2v) is 3.92. The fourth-order valence-corrected chi connectivity index (χ4v) is 1.60. The second-order valence-electron chi connectivity index (χ2n) is 3.92. The van der Waals surface area contributed by atoms with Crippen molar-refractivity contribution in [3.63, 3.8) is 0 Å². The molecule has 3 heteroatoms. The molecule has 0 fully saturated rings. The number of aromatic nitrogens is 1. The van der Waals surface area contributed by atoms with Crippen LogP contribution in [0.5, 0.6) is 0 Å². The first kappa shape index (κ1) is 10.9. The van der Waals surface area contributed by atoms with Gasteiger partial charge in [-0.05, 0) is 43.2 Å². The van der Waals surface area contributed by atoms with Crippen LogP contribution in [0.1, 0.15) is 22.6 Å². The lowest BCUT2D eigenvalue weighted by atomic mass is 10.1. The number of rotatable bonds is 4. The summed E-state index contributed by atoms with van der Waals surface area (Å²) < 4.78 is 5.48. The third-order valence-electron chi connectivity index (χ3n) is 2.55. The van der Waals surface area contributed by atoms with Crippen molar-refractivity contribution in [2.75, 3.05) is 0 Å². The van der Waals surface area contributed by atoms with Crippen LogP contribution in [-0.4, -0.2) is 4.98 Å². The molecule has 0 saturated carbocycles. The molecule has 0 saturated heterocycles. The van der Waals surface area contributed by atoms with Gasteiger partial charge < -0.3 is 9.73 Å². The Morgan fingerprint density at radius 2 is 2.06 bits per heavy atom. The highest BCUT2D eigenvalue weighted by molar-refractivity contribution is 5.21. The Morgan fingerprint density at radius 1 is 1.19 bits per heavy atom. The van der Waals surface area contributed by atoms with E-state index in [0.29, 0.717) is 0 Å². The fourth-order valence-electron chi connectivity index (χ4n) is 1.60. The summed E-state index contributed by atoms with van der Waals surface area (Å²) >= 11 is 0. The monoisotopic (exact) mass is 216 g/mol. The molecule has 1 N–H and O–H groups in total. The smallest absolute Gasteiger partial charge is 0.117 e. The average Bonchev–Trinajstić information content (AvgIpc) is 2.67. The van der Waals surface area contributed by atoms with E-state index >= 15 is 0 Å². The summed E-state index contributed by atoms with van der Waals surface area (Å²) in [5.74, 6) is 1.93.